The molecular weight excluding hydrogens is 228 g/mol. The maximum absolute atomic E-state index is 8.66. The van der Waals surface area contributed by atoms with Crippen molar-refractivity contribution in [2.75, 3.05) is 0 Å². The molecule has 0 aliphatic carbocycles. The molecule has 0 atom stereocenters. The van der Waals surface area contributed by atoms with Crippen molar-refractivity contribution in [2.45, 2.75) is 27.2 Å². The summed E-state index contributed by atoms with van der Waals surface area (Å²) in [7, 11) is 0. The molecule has 0 N–H and O–H groups in total. The lowest BCUT2D eigenvalue weighted by Gasteiger charge is -2.08. The number of aryl methyl sites for hydroxylation is 3. The maximum Gasteiger partial charge on any atom is 0.107 e. The third kappa shape index (κ3) is 2.37. The Kier molecular flexibility index (Phi) is 3.26. The summed E-state index contributed by atoms with van der Waals surface area (Å²) in [4.78, 5) is 4.52. The molecule has 0 saturated carbocycles. The molecule has 0 aliphatic rings. The number of nitrogens with zero attached hydrogens (tertiary/aromatic N) is 2. The van der Waals surface area contributed by atoms with Crippen LogP contribution >= 0.6 is 11.3 Å². The largest absolute Gasteiger partial charge is 0.240 e. The predicted octanol–water partition coefficient (Wildman–Crippen LogP) is 3.80. The van der Waals surface area contributed by atoms with Crippen LogP contribution in [0.4, 0.5) is 0 Å². The normalized spacial score (nSPS) is 10.2. The van der Waals surface area contributed by atoms with E-state index in [4.69, 9.17) is 5.26 Å². The van der Waals surface area contributed by atoms with E-state index in [2.05, 4.69) is 44.0 Å². The fourth-order valence-electron chi connectivity index (χ4n) is 2.16. The highest BCUT2D eigenvalue weighted by Crippen LogP contribution is 2.29. The molecule has 86 valence electrons. The monoisotopic (exact) mass is 242 g/mol. The number of nitriles is 1. The van der Waals surface area contributed by atoms with Gasteiger partial charge in [-0.1, -0.05) is 17.7 Å². The minimum Gasteiger partial charge on any atom is -0.240 e. The molecular formula is C14H14N2S. The van der Waals surface area contributed by atoms with Crippen LogP contribution in [0.15, 0.2) is 17.5 Å². The summed E-state index contributed by atoms with van der Waals surface area (Å²) in [5.41, 5.74) is 5.97. The summed E-state index contributed by atoms with van der Waals surface area (Å²) in [5.74, 6) is 0. The van der Waals surface area contributed by atoms with E-state index in [0.717, 1.165) is 10.7 Å². The van der Waals surface area contributed by atoms with Gasteiger partial charge in [-0.2, -0.15) is 5.26 Å². The van der Waals surface area contributed by atoms with E-state index in [0.29, 0.717) is 6.42 Å². The molecule has 0 amide bonds. The molecule has 0 spiro atoms. The lowest BCUT2D eigenvalue weighted by atomic mass is 9.98. The third-order valence-corrected chi connectivity index (χ3v) is 3.56. The van der Waals surface area contributed by atoms with E-state index in [1.54, 1.807) is 11.3 Å². The summed E-state index contributed by atoms with van der Waals surface area (Å²) in [6.07, 6.45) is 0.397. The lowest BCUT2D eigenvalue weighted by Crippen LogP contribution is -1.90. The Hall–Kier alpha value is -1.66. The molecule has 2 rings (SSSR count). The summed E-state index contributed by atoms with van der Waals surface area (Å²) in [6, 6.07) is 6.48. The molecule has 0 radical (unpaired) electrons. The van der Waals surface area contributed by atoms with Crippen LogP contribution in [-0.4, -0.2) is 4.98 Å². The van der Waals surface area contributed by atoms with Crippen molar-refractivity contribution in [3.63, 3.8) is 0 Å². The summed E-state index contributed by atoms with van der Waals surface area (Å²) in [5, 5.41) is 11.6. The van der Waals surface area contributed by atoms with E-state index in [9.17, 15) is 0 Å². The molecule has 1 aromatic heterocycles. The van der Waals surface area contributed by atoms with Crippen LogP contribution in [0.3, 0.4) is 0 Å². The average Bonchev–Trinajstić information content (AvgIpc) is 2.65. The van der Waals surface area contributed by atoms with Gasteiger partial charge in [-0.15, -0.1) is 11.3 Å². The van der Waals surface area contributed by atoms with E-state index < -0.39 is 0 Å². The molecule has 17 heavy (non-hydrogen) atoms. The minimum atomic E-state index is 0.397. The van der Waals surface area contributed by atoms with Crippen LogP contribution in [0.25, 0.3) is 11.3 Å². The first-order chi connectivity index (χ1) is 8.11. The zero-order chi connectivity index (χ0) is 12.4. The Balaban J connectivity index is 2.49. The molecule has 0 bridgehead atoms. The molecule has 1 heterocycles. The number of rotatable bonds is 2. The van der Waals surface area contributed by atoms with Crippen LogP contribution in [0.2, 0.25) is 0 Å². The van der Waals surface area contributed by atoms with Crippen LogP contribution in [0, 0.1) is 32.1 Å². The number of thiazole rings is 1. The smallest absolute Gasteiger partial charge is 0.107 e. The zero-order valence-electron chi connectivity index (χ0n) is 10.2. The Morgan fingerprint density at radius 3 is 2.47 bits per heavy atom. The van der Waals surface area contributed by atoms with Gasteiger partial charge in [0.25, 0.3) is 0 Å². The van der Waals surface area contributed by atoms with Gasteiger partial charge in [0.1, 0.15) is 5.01 Å². The second-order valence-electron chi connectivity index (χ2n) is 4.24. The molecule has 0 fully saturated rings. The molecule has 3 heteroatoms. The predicted molar refractivity (Wildman–Crippen MR) is 71.1 cm³/mol. The third-order valence-electron chi connectivity index (χ3n) is 2.72. The standard InChI is InChI=1S/C14H14N2S/c1-9-6-10(2)14(11(3)7-9)12-8-17-13(16-12)4-5-15/h6-8H,4H2,1-3H3. The van der Waals surface area contributed by atoms with Gasteiger partial charge in [0.15, 0.2) is 0 Å². The molecule has 0 unspecified atom stereocenters. The van der Waals surface area contributed by atoms with Crippen molar-refractivity contribution in [1.29, 1.82) is 5.26 Å². The van der Waals surface area contributed by atoms with Crippen molar-refractivity contribution in [3.8, 4) is 17.3 Å². The van der Waals surface area contributed by atoms with E-state index in [-0.39, 0.29) is 0 Å². The van der Waals surface area contributed by atoms with Crippen LogP contribution in [-0.2, 0) is 6.42 Å². The van der Waals surface area contributed by atoms with Gasteiger partial charge in [0, 0.05) is 10.9 Å². The van der Waals surface area contributed by atoms with Gasteiger partial charge < -0.3 is 0 Å². The number of hydrogen-bond acceptors (Lipinski definition) is 3. The van der Waals surface area contributed by atoms with Crippen LogP contribution in [0.5, 0.6) is 0 Å². The fourth-order valence-corrected chi connectivity index (χ4v) is 2.88. The maximum atomic E-state index is 8.66. The Bertz CT molecular complexity index is 568. The van der Waals surface area contributed by atoms with Gasteiger partial charge in [-0.3, -0.25) is 0 Å². The van der Waals surface area contributed by atoms with Crippen molar-refractivity contribution < 1.29 is 0 Å². The lowest BCUT2D eigenvalue weighted by molar-refractivity contribution is 1.18. The SMILES string of the molecule is Cc1cc(C)c(-c2csc(CC#N)n2)c(C)c1. The van der Waals surface area contributed by atoms with Crippen molar-refractivity contribution in [3.05, 3.63) is 39.2 Å². The Labute approximate surface area is 106 Å². The first kappa shape index (κ1) is 11.8. The Morgan fingerprint density at radius 1 is 1.24 bits per heavy atom. The molecule has 0 aliphatic heterocycles. The summed E-state index contributed by atoms with van der Waals surface area (Å²) >= 11 is 1.56. The van der Waals surface area contributed by atoms with Gasteiger partial charge in [0.05, 0.1) is 18.2 Å². The molecule has 1 aromatic carbocycles. The van der Waals surface area contributed by atoms with Gasteiger partial charge in [-0.05, 0) is 31.9 Å². The van der Waals surface area contributed by atoms with Crippen LogP contribution in [0.1, 0.15) is 21.7 Å². The van der Waals surface area contributed by atoms with Crippen molar-refractivity contribution in [2.24, 2.45) is 0 Å². The highest BCUT2D eigenvalue weighted by molar-refractivity contribution is 7.10. The number of aromatic nitrogens is 1. The van der Waals surface area contributed by atoms with E-state index >= 15 is 0 Å². The van der Waals surface area contributed by atoms with Gasteiger partial charge in [-0.25, -0.2) is 4.98 Å². The topological polar surface area (TPSA) is 36.7 Å². The van der Waals surface area contributed by atoms with Crippen molar-refractivity contribution in [1.82, 2.24) is 4.98 Å². The molecule has 0 saturated heterocycles. The second kappa shape index (κ2) is 4.68. The molecule has 2 nitrogen and oxygen atoms in total. The zero-order valence-corrected chi connectivity index (χ0v) is 11.1. The van der Waals surface area contributed by atoms with Gasteiger partial charge >= 0.3 is 0 Å². The first-order valence-corrected chi connectivity index (χ1v) is 6.39. The summed E-state index contributed by atoms with van der Waals surface area (Å²) < 4.78 is 0. The second-order valence-corrected chi connectivity index (χ2v) is 5.18. The van der Waals surface area contributed by atoms with Crippen LogP contribution < -0.4 is 0 Å². The average molecular weight is 242 g/mol. The van der Waals surface area contributed by atoms with Gasteiger partial charge in [0.2, 0.25) is 0 Å². The Morgan fingerprint density at radius 2 is 1.88 bits per heavy atom. The number of hydrogen-bond donors (Lipinski definition) is 0. The highest BCUT2D eigenvalue weighted by Gasteiger charge is 2.10. The minimum absolute atomic E-state index is 0.397. The molecule has 2 aromatic rings. The van der Waals surface area contributed by atoms with E-state index in [1.165, 1.54) is 22.3 Å². The summed E-state index contributed by atoms with van der Waals surface area (Å²) in [6.45, 7) is 6.32. The highest BCUT2D eigenvalue weighted by atomic mass is 32.1. The number of benzene rings is 1. The van der Waals surface area contributed by atoms with Crippen molar-refractivity contribution >= 4 is 11.3 Å². The first-order valence-electron chi connectivity index (χ1n) is 5.51. The van der Waals surface area contributed by atoms with E-state index in [1.807, 2.05) is 5.38 Å². The quantitative estimate of drug-likeness (QED) is 0.803. The fraction of sp³-hybridized carbons (Fsp3) is 0.286.